The number of hydrogen-bond donors (Lipinski definition) is 0. The quantitative estimate of drug-likeness (QED) is 0.312. The molecule has 52 valence electrons. The molecule has 0 N–H and O–H groups in total. The van der Waals surface area contributed by atoms with E-state index in [9.17, 15) is 4.79 Å². The highest BCUT2D eigenvalue weighted by Gasteiger charge is 1.90. The van der Waals surface area contributed by atoms with E-state index in [0.717, 1.165) is 0 Å². The maximum absolute atomic E-state index is 10.7. The Hall–Kier alpha value is -1.18. The van der Waals surface area contributed by atoms with Crippen LogP contribution in [0.1, 0.15) is 17.3 Å². The van der Waals surface area contributed by atoms with Gasteiger partial charge in [-0.05, 0) is 6.92 Å². The van der Waals surface area contributed by atoms with Crippen molar-refractivity contribution in [3.63, 3.8) is 0 Å². The maximum atomic E-state index is 10.7. The van der Waals surface area contributed by atoms with E-state index in [1.165, 1.54) is 0 Å². The van der Waals surface area contributed by atoms with Crippen molar-refractivity contribution in [2.45, 2.75) is 6.92 Å². The lowest BCUT2D eigenvalue weighted by Crippen LogP contribution is -2.26. The molecule has 10 heavy (non-hydrogen) atoms. The van der Waals surface area contributed by atoms with Crippen LogP contribution in [0.3, 0.4) is 0 Å². The summed E-state index contributed by atoms with van der Waals surface area (Å²) >= 11 is 0. The summed E-state index contributed by atoms with van der Waals surface area (Å²) in [6.45, 7) is 1.54. The fourth-order valence-corrected chi connectivity index (χ4v) is 0.674. The fraction of sp³-hybridized carbons (Fsp3) is 0.250. The van der Waals surface area contributed by atoms with Crippen LogP contribution < -0.4 is 4.57 Å². The van der Waals surface area contributed by atoms with Gasteiger partial charge < -0.3 is 9.36 Å². The van der Waals surface area contributed by atoms with Gasteiger partial charge in [0.25, 0.3) is 0 Å². The summed E-state index contributed by atoms with van der Waals surface area (Å²) in [5.74, 6) is 0.0804. The molecule has 0 spiro atoms. The van der Waals surface area contributed by atoms with Crippen molar-refractivity contribution in [1.82, 2.24) is 0 Å². The van der Waals surface area contributed by atoms with Crippen LogP contribution in [-0.2, 0) is 7.05 Å². The molecule has 0 saturated heterocycles. The molecule has 0 aliphatic rings. The van der Waals surface area contributed by atoms with Gasteiger partial charge in [-0.3, -0.25) is 0 Å². The number of hydrogen-bond acceptors (Lipinski definition) is 1. The minimum absolute atomic E-state index is 0.0804. The highest BCUT2D eigenvalue weighted by atomic mass is 16.1. The number of nitrogens with zero attached hydrogens (tertiary/aromatic N) is 1. The van der Waals surface area contributed by atoms with Crippen LogP contribution in [0.15, 0.2) is 18.3 Å². The molecule has 1 aromatic heterocycles. The van der Waals surface area contributed by atoms with E-state index in [1.807, 2.05) is 7.05 Å². The smallest absolute Gasteiger partial charge is 0.115 e. The number of aromatic nitrogens is 1. The molecule has 2 heteroatoms. The largest absolute Gasteiger partial charge is 0.313 e. The van der Waals surface area contributed by atoms with Crippen LogP contribution in [0, 0.1) is 6.20 Å². The fourth-order valence-electron chi connectivity index (χ4n) is 0.674. The van der Waals surface area contributed by atoms with E-state index in [4.69, 9.17) is 0 Å². The van der Waals surface area contributed by atoms with Gasteiger partial charge in [0.2, 0.25) is 0 Å². The summed E-state index contributed by atoms with van der Waals surface area (Å²) in [4.78, 5) is 10.7. The molecule has 0 aromatic carbocycles. The first-order chi connectivity index (χ1) is 4.70. The maximum Gasteiger partial charge on any atom is 0.115 e. The Morgan fingerprint density at radius 2 is 2.40 bits per heavy atom. The molecule has 0 fully saturated rings. The number of rotatable bonds is 1. The molecular formula is C8H9NO. The zero-order valence-electron chi connectivity index (χ0n) is 6.09. The third-order valence-corrected chi connectivity index (χ3v) is 1.31. The molecule has 0 aliphatic heterocycles. The number of carbonyl (C=O) groups is 1. The van der Waals surface area contributed by atoms with Crippen molar-refractivity contribution < 1.29 is 9.36 Å². The molecule has 0 bridgehead atoms. The minimum atomic E-state index is 0.0804. The molecule has 0 saturated carbocycles. The second-order valence-corrected chi connectivity index (χ2v) is 2.21. The first-order valence-electron chi connectivity index (χ1n) is 3.08. The van der Waals surface area contributed by atoms with Gasteiger partial charge in [-0.2, -0.15) is 0 Å². The topological polar surface area (TPSA) is 20.9 Å². The van der Waals surface area contributed by atoms with Crippen molar-refractivity contribution in [1.29, 1.82) is 0 Å². The molecule has 1 heterocycles. The summed E-state index contributed by atoms with van der Waals surface area (Å²) < 4.78 is 1.77. The molecule has 1 rings (SSSR count). The lowest BCUT2D eigenvalue weighted by molar-refractivity contribution is -0.675. The normalized spacial score (nSPS) is 9.40. The summed E-state index contributed by atoms with van der Waals surface area (Å²) in [5, 5.41) is 0. The van der Waals surface area contributed by atoms with Crippen molar-refractivity contribution in [3.8, 4) is 0 Å². The highest BCUT2D eigenvalue weighted by molar-refractivity contribution is 5.93. The number of ketones is 1. The third kappa shape index (κ3) is 1.41. The number of carbonyl (C=O) groups excluding carboxylic acids is 1. The van der Waals surface area contributed by atoms with E-state index in [1.54, 1.807) is 29.8 Å². The van der Waals surface area contributed by atoms with Gasteiger partial charge in [0.15, 0.2) is 0 Å². The minimum Gasteiger partial charge on any atom is -0.313 e. The molecular weight excluding hydrogens is 126 g/mol. The Morgan fingerprint density at radius 1 is 1.70 bits per heavy atom. The predicted octanol–water partition coefficient (Wildman–Crippen LogP) is 0.514. The van der Waals surface area contributed by atoms with Crippen LogP contribution in [0.4, 0.5) is 0 Å². The highest BCUT2D eigenvalue weighted by Crippen LogP contribution is 1.93. The second kappa shape index (κ2) is 2.60. The Morgan fingerprint density at radius 3 is 2.80 bits per heavy atom. The Kier molecular flexibility index (Phi) is 1.81. The van der Waals surface area contributed by atoms with E-state index in [2.05, 4.69) is 6.20 Å². The molecule has 0 atom stereocenters. The summed E-state index contributed by atoms with van der Waals surface area (Å²) in [7, 11) is 1.86. The van der Waals surface area contributed by atoms with Crippen molar-refractivity contribution in [3.05, 3.63) is 30.1 Å². The monoisotopic (exact) mass is 135 g/mol. The average Bonchev–Trinajstić information content (AvgIpc) is 1.88. The van der Waals surface area contributed by atoms with Gasteiger partial charge in [0, 0.05) is 0 Å². The number of aryl methyl sites for hydroxylation is 1. The van der Waals surface area contributed by atoms with Gasteiger partial charge in [-0.1, -0.05) is 17.7 Å². The Labute approximate surface area is 60.1 Å². The zero-order chi connectivity index (χ0) is 7.56. The molecule has 0 unspecified atom stereocenters. The van der Waals surface area contributed by atoms with Gasteiger partial charge >= 0.3 is 0 Å². The molecule has 0 radical (unpaired) electrons. The number of Topliss-reactive ketones (excluding diaryl/α,β-unsaturated/α-hetero) is 1. The van der Waals surface area contributed by atoms with E-state index < -0.39 is 0 Å². The SMILES string of the molecule is CC(=O)c1c[c-][n+](C)cc1. The summed E-state index contributed by atoms with van der Waals surface area (Å²) in [6, 6.07) is 3.46. The Balaban J connectivity index is 3.00. The van der Waals surface area contributed by atoms with Gasteiger partial charge in [-0.15, -0.1) is 0 Å². The first-order valence-corrected chi connectivity index (χ1v) is 3.08. The third-order valence-electron chi connectivity index (χ3n) is 1.31. The van der Waals surface area contributed by atoms with Crippen LogP contribution in [0.2, 0.25) is 0 Å². The zero-order valence-corrected chi connectivity index (χ0v) is 6.09. The lowest BCUT2D eigenvalue weighted by Gasteiger charge is -1.98. The Bertz CT molecular complexity index is 238. The van der Waals surface area contributed by atoms with Crippen molar-refractivity contribution in [2.24, 2.45) is 7.05 Å². The van der Waals surface area contributed by atoms with E-state index in [0.29, 0.717) is 5.56 Å². The van der Waals surface area contributed by atoms with Gasteiger partial charge in [0.1, 0.15) is 19.0 Å². The average molecular weight is 135 g/mol. The van der Waals surface area contributed by atoms with Crippen LogP contribution in [-0.4, -0.2) is 5.78 Å². The van der Waals surface area contributed by atoms with Crippen molar-refractivity contribution in [2.75, 3.05) is 0 Å². The molecule has 0 aliphatic carbocycles. The van der Waals surface area contributed by atoms with E-state index >= 15 is 0 Å². The predicted molar refractivity (Wildman–Crippen MR) is 36.5 cm³/mol. The second-order valence-electron chi connectivity index (χ2n) is 2.21. The summed E-state index contributed by atoms with van der Waals surface area (Å²) in [6.07, 6.45) is 4.68. The first kappa shape index (κ1) is 6.93. The molecule has 1 aromatic rings. The van der Waals surface area contributed by atoms with Crippen molar-refractivity contribution >= 4 is 5.78 Å². The standard InChI is InChI=1S/C8H9NO/c1-7(10)8-3-5-9(2)6-4-8/h3-5H,1-2H3. The number of pyridine rings is 1. The molecule has 0 amide bonds. The van der Waals surface area contributed by atoms with Crippen LogP contribution in [0.5, 0.6) is 0 Å². The lowest BCUT2D eigenvalue weighted by atomic mass is 10.2. The van der Waals surface area contributed by atoms with E-state index in [-0.39, 0.29) is 5.78 Å². The molecule has 2 nitrogen and oxygen atoms in total. The van der Waals surface area contributed by atoms with Gasteiger partial charge in [-0.25, -0.2) is 0 Å². The van der Waals surface area contributed by atoms with Crippen LogP contribution in [0.25, 0.3) is 0 Å². The van der Waals surface area contributed by atoms with Gasteiger partial charge in [0.05, 0.1) is 6.20 Å². The van der Waals surface area contributed by atoms with Crippen LogP contribution >= 0.6 is 0 Å². The summed E-state index contributed by atoms with van der Waals surface area (Å²) in [5.41, 5.74) is 0.707.